The number of halogens is 3. The van der Waals surface area contributed by atoms with Gasteiger partial charge in [0, 0.05) is 24.1 Å². The van der Waals surface area contributed by atoms with E-state index in [1.54, 1.807) is 12.1 Å². The molecule has 0 bridgehead atoms. The van der Waals surface area contributed by atoms with E-state index in [2.05, 4.69) is 6.07 Å². The van der Waals surface area contributed by atoms with Crippen LogP contribution >= 0.6 is 0 Å². The SMILES string of the molecule is CC(c1ccc(C(=O)N(C2CC2)C2CCC(CC#N)(C3CC3)CC2)cc1)C(F)(F)F. The summed E-state index contributed by atoms with van der Waals surface area (Å²) in [7, 11) is 0. The van der Waals surface area contributed by atoms with Crippen LogP contribution in [-0.2, 0) is 0 Å². The van der Waals surface area contributed by atoms with Crippen molar-refractivity contribution in [3.63, 3.8) is 0 Å². The van der Waals surface area contributed by atoms with Crippen LogP contribution in [0.2, 0.25) is 0 Å². The first-order chi connectivity index (χ1) is 14.2. The number of amides is 1. The summed E-state index contributed by atoms with van der Waals surface area (Å²) in [5.74, 6) is -0.936. The second kappa shape index (κ2) is 7.90. The van der Waals surface area contributed by atoms with E-state index in [0.717, 1.165) is 45.4 Å². The molecule has 1 unspecified atom stereocenters. The van der Waals surface area contributed by atoms with Crippen LogP contribution in [0.3, 0.4) is 0 Å². The van der Waals surface area contributed by atoms with Crippen LogP contribution < -0.4 is 0 Å². The third-order valence-corrected chi connectivity index (χ3v) is 7.54. The first kappa shape index (κ1) is 21.2. The Bertz CT molecular complexity index is 810. The quantitative estimate of drug-likeness (QED) is 0.551. The standard InChI is InChI=1S/C24H29F3N2O/c1-16(24(25,26)27)17-2-4-18(5-3-17)22(30)29(20-8-9-20)21-10-12-23(13-11-21,14-15-28)19-6-7-19/h2-5,16,19-21H,6-14H2,1H3. The van der Waals surface area contributed by atoms with Gasteiger partial charge < -0.3 is 4.90 Å². The summed E-state index contributed by atoms with van der Waals surface area (Å²) in [5.41, 5.74) is 0.787. The Balaban J connectivity index is 1.46. The number of benzene rings is 1. The minimum Gasteiger partial charge on any atom is -0.333 e. The smallest absolute Gasteiger partial charge is 0.333 e. The van der Waals surface area contributed by atoms with E-state index in [4.69, 9.17) is 0 Å². The van der Waals surface area contributed by atoms with Crippen LogP contribution in [-0.4, -0.2) is 29.1 Å². The molecule has 3 saturated carbocycles. The molecule has 162 valence electrons. The molecule has 0 spiro atoms. The molecule has 0 saturated heterocycles. The molecule has 3 fully saturated rings. The van der Waals surface area contributed by atoms with E-state index in [9.17, 15) is 23.2 Å². The molecule has 3 aliphatic carbocycles. The van der Waals surface area contributed by atoms with E-state index >= 15 is 0 Å². The van der Waals surface area contributed by atoms with E-state index in [1.807, 2.05) is 4.90 Å². The minimum absolute atomic E-state index is 0.0621. The average Bonchev–Trinajstić information content (AvgIpc) is 3.62. The summed E-state index contributed by atoms with van der Waals surface area (Å²) in [4.78, 5) is 15.3. The Labute approximate surface area is 176 Å². The lowest BCUT2D eigenvalue weighted by molar-refractivity contribution is -0.146. The topological polar surface area (TPSA) is 44.1 Å². The highest BCUT2D eigenvalue weighted by Crippen LogP contribution is 2.56. The Kier molecular flexibility index (Phi) is 5.59. The van der Waals surface area contributed by atoms with Gasteiger partial charge in [-0.15, -0.1) is 0 Å². The van der Waals surface area contributed by atoms with Crippen molar-refractivity contribution in [3.05, 3.63) is 35.4 Å². The first-order valence-electron chi connectivity index (χ1n) is 11.1. The lowest BCUT2D eigenvalue weighted by atomic mass is 9.67. The number of hydrogen-bond acceptors (Lipinski definition) is 2. The number of alkyl halides is 3. The van der Waals surface area contributed by atoms with Crippen LogP contribution in [0.5, 0.6) is 0 Å². The summed E-state index contributed by atoms with van der Waals surface area (Å²) in [6.07, 6.45) is 4.59. The molecule has 0 aliphatic heterocycles. The van der Waals surface area contributed by atoms with E-state index < -0.39 is 12.1 Å². The zero-order chi connectivity index (χ0) is 21.5. The first-order valence-corrected chi connectivity index (χ1v) is 11.1. The highest BCUT2D eigenvalue weighted by Gasteiger charge is 2.49. The zero-order valence-corrected chi connectivity index (χ0v) is 17.4. The van der Waals surface area contributed by atoms with Gasteiger partial charge in [-0.05, 0) is 87.3 Å². The number of carbonyl (C=O) groups excluding carboxylic acids is 1. The van der Waals surface area contributed by atoms with Gasteiger partial charge in [0.1, 0.15) is 0 Å². The number of hydrogen-bond donors (Lipinski definition) is 0. The van der Waals surface area contributed by atoms with Crippen molar-refractivity contribution >= 4 is 5.91 Å². The fourth-order valence-electron chi connectivity index (χ4n) is 5.27. The number of nitrogens with zero attached hydrogens (tertiary/aromatic N) is 2. The van der Waals surface area contributed by atoms with Crippen LogP contribution in [0.1, 0.15) is 86.6 Å². The molecule has 0 radical (unpaired) electrons. The number of nitriles is 1. The van der Waals surface area contributed by atoms with Crippen LogP contribution in [0.15, 0.2) is 24.3 Å². The second-order valence-electron chi connectivity index (χ2n) is 9.53. The molecule has 1 amide bonds. The van der Waals surface area contributed by atoms with Crippen molar-refractivity contribution in [2.24, 2.45) is 11.3 Å². The molecular formula is C24H29F3N2O. The van der Waals surface area contributed by atoms with Crippen molar-refractivity contribution in [2.45, 2.75) is 88.9 Å². The third kappa shape index (κ3) is 4.22. The lowest BCUT2D eigenvalue weighted by Gasteiger charge is -2.43. The molecule has 0 N–H and O–H groups in total. The Morgan fingerprint density at radius 3 is 2.13 bits per heavy atom. The average molecular weight is 419 g/mol. The summed E-state index contributed by atoms with van der Waals surface area (Å²) in [5, 5.41) is 9.30. The van der Waals surface area contributed by atoms with Crippen LogP contribution in [0.4, 0.5) is 13.2 Å². The van der Waals surface area contributed by atoms with Crippen molar-refractivity contribution < 1.29 is 18.0 Å². The maximum atomic E-state index is 13.3. The van der Waals surface area contributed by atoms with Gasteiger partial charge in [-0.25, -0.2) is 0 Å². The normalized spacial score (nSPS) is 27.9. The van der Waals surface area contributed by atoms with E-state index in [-0.39, 0.29) is 29.0 Å². The van der Waals surface area contributed by atoms with Gasteiger partial charge in [0.05, 0.1) is 12.0 Å². The van der Waals surface area contributed by atoms with Crippen LogP contribution in [0, 0.1) is 22.7 Å². The Morgan fingerprint density at radius 2 is 1.67 bits per heavy atom. The summed E-state index contributed by atoms with van der Waals surface area (Å²) < 4.78 is 38.9. The Morgan fingerprint density at radius 1 is 1.10 bits per heavy atom. The highest BCUT2D eigenvalue weighted by molar-refractivity contribution is 5.95. The molecule has 3 aliphatic rings. The summed E-state index contributed by atoms with van der Waals surface area (Å²) in [6.45, 7) is 1.14. The van der Waals surface area contributed by atoms with Gasteiger partial charge >= 0.3 is 6.18 Å². The Hall–Kier alpha value is -2.03. The molecule has 3 nitrogen and oxygen atoms in total. The van der Waals surface area contributed by atoms with Gasteiger partial charge in [0.25, 0.3) is 5.91 Å². The molecule has 0 aromatic heterocycles. The largest absolute Gasteiger partial charge is 0.395 e. The van der Waals surface area contributed by atoms with Gasteiger partial charge in [0.15, 0.2) is 0 Å². The highest BCUT2D eigenvalue weighted by atomic mass is 19.4. The van der Waals surface area contributed by atoms with Crippen molar-refractivity contribution in [1.29, 1.82) is 5.26 Å². The summed E-state index contributed by atoms with van der Waals surface area (Å²) >= 11 is 0. The fourth-order valence-corrected chi connectivity index (χ4v) is 5.27. The van der Waals surface area contributed by atoms with Gasteiger partial charge in [0.2, 0.25) is 0 Å². The third-order valence-electron chi connectivity index (χ3n) is 7.54. The minimum atomic E-state index is -4.29. The van der Waals surface area contributed by atoms with Crippen molar-refractivity contribution in [1.82, 2.24) is 4.90 Å². The van der Waals surface area contributed by atoms with Gasteiger partial charge in [-0.1, -0.05) is 12.1 Å². The molecule has 1 aromatic carbocycles. The fraction of sp³-hybridized carbons (Fsp3) is 0.667. The zero-order valence-electron chi connectivity index (χ0n) is 17.4. The lowest BCUT2D eigenvalue weighted by Crippen LogP contribution is -2.46. The van der Waals surface area contributed by atoms with Gasteiger partial charge in [-0.3, -0.25) is 4.79 Å². The van der Waals surface area contributed by atoms with Gasteiger partial charge in [-0.2, -0.15) is 18.4 Å². The maximum absolute atomic E-state index is 13.3. The molecule has 6 heteroatoms. The molecule has 0 heterocycles. The molecule has 1 aromatic rings. The second-order valence-corrected chi connectivity index (χ2v) is 9.53. The predicted molar refractivity (Wildman–Crippen MR) is 108 cm³/mol. The predicted octanol–water partition coefficient (Wildman–Crippen LogP) is 6.21. The van der Waals surface area contributed by atoms with E-state index in [0.29, 0.717) is 17.9 Å². The maximum Gasteiger partial charge on any atom is 0.395 e. The molecule has 4 rings (SSSR count). The number of rotatable bonds is 6. The monoisotopic (exact) mass is 418 g/mol. The molecule has 1 atom stereocenters. The van der Waals surface area contributed by atoms with Crippen molar-refractivity contribution in [2.75, 3.05) is 0 Å². The van der Waals surface area contributed by atoms with Crippen LogP contribution in [0.25, 0.3) is 0 Å². The van der Waals surface area contributed by atoms with E-state index in [1.165, 1.54) is 25.0 Å². The molecule has 30 heavy (non-hydrogen) atoms. The molecular weight excluding hydrogens is 389 g/mol. The van der Waals surface area contributed by atoms with Crippen molar-refractivity contribution in [3.8, 4) is 6.07 Å². The number of carbonyl (C=O) groups is 1. The summed E-state index contributed by atoms with van der Waals surface area (Å²) in [6, 6.07) is 8.77.